The quantitative estimate of drug-likeness (QED) is 0.248. The van der Waals surface area contributed by atoms with E-state index < -0.39 is 23.7 Å². The summed E-state index contributed by atoms with van der Waals surface area (Å²) in [7, 11) is 1.27. The van der Waals surface area contributed by atoms with Crippen LogP contribution in [0.15, 0.2) is 34.3 Å². The van der Waals surface area contributed by atoms with Gasteiger partial charge in [0.15, 0.2) is 0 Å². The minimum absolute atomic E-state index is 0.00306. The van der Waals surface area contributed by atoms with E-state index in [4.69, 9.17) is 9.47 Å². The number of H-pyrrole nitrogens is 1. The number of morpholine rings is 1. The van der Waals surface area contributed by atoms with Crippen molar-refractivity contribution < 1.29 is 29.0 Å². The number of ketones is 1. The molecule has 35 heavy (non-hydrogen) atoms. The number of benzene rings is 1. The van der Waals surface area contributed by atoms with Crippen molar-refractivity contribution in [3.8, 4) is 0 Å². The van der Waals surface area contributed by atoms with Gasteiger partial charge in [0.2, 0.25) is 0 Å². The zero-order valence-corrected chi connectivity index (χ0v) is 21.5. The highest BCUT2D eigenvalue weighted by atomic mass is 79.9. The van der Waals surface area contributed by atoms with Crippen molar-refractivity contribution in [1.82, 2.24) is 14.8 Å². The number of aryl methyl sites for hydroxylation is 1. The van der Waals surface area contributed by atoms with E-state index in [1.807, 2.05) is 24.3 Å². The van der Waals surface area contributed by atoms with Crippen LogP contribution in [0.2, 0.25) is 0 Å². The fourth-order valence-corrected chi connectivity index (χ4v) is 5.17. The molecule has 9 nitrogen and oxygen atoms in total. The van der Waals surface area contributed by atoms with Gasteiger partial charge >= 0.3 is 5.97 Å². The number of aromatic nitrogens is 1. The van der Waals surface area contributed by atoms with Crippen molar-refractivity contribution >= 4 is 39.3 Å². The van der Waals surface area contributed by atoms with E-state index >= 15 is 0 Å². The number of hydrogen-bond donors (Lipinski definition) is 2. The summed E-state index contributed by atoms with van der Waals surface area (Å²) in [4.78, 5) is 45.3. The molecule has 2 N–H and O–H groups in total. The molecule has 2 aliphatic heterocycles. The first-order chi connectivity index (χ1) is 16.7. The van der Waals surface area contributed by atoms with Gasteiger partial charge in [0.25, 0.3) is 11.7 Å². The maximum absolute atomic E-state index is 13.3. The molecule has 1 aromatic heterocycles. The Balaban J connectivity index is 1.80. The summed E-state index contributed by atoms with van der Waals surface area (Å²) in [5.41, 5.74) is 2.13. The number of aliphatic hydroxyl groups excluding tert-OH is 1. The van der Waals surface area contributed by atoms with Crippen LogP contribution in [0.5, 0.6) is 0 Å². The second-order valence-electron chi connectivity index (χ2n) is 8.62. The normalized spacial score (nSPS) is 20.5. The average Bonchev–Trinajstić information content (AvgIpc) is 3.29. The summed E-state index contributed by atoms with van der Waals surface area (Å²) in [6.07, 6.45) is 0. The first-order valence-electron chi connectivity index (χ1n) is 11.4. The Kier molecular flexibility index (Phi) is 7.44. The summed E-state index contributed by atoms with van der Waals surface area (Å²) >= 11 is 3.47. The van der Waals surface area contributed by atoms with Gasteiger partial charge in [-0.2, -0.15) is 0 Å². The number of methoxy groups -OCH3 is 1. The predicted octanol–water partition coefficient (Wildman–Crippen LogP) is 2.93. The lowest BCUT2D eigenvalue weighted by Crippen LogP contribution is -2.42. The number of Topliss-reactive ketones (excluding diaryl/α,β-unsaturated/α-hetero) is 1. The van der Waals surface area contributed by atoms with Gasteiger partial charge in [0, 0.05) is 41.9 Å². The molecule has 2 saturated heterocycles. The second kappa shape index (κ2) is 10.3. The molecule has 0 aliphatic carbocycles. The fraction of sp³-hybridized carbons (Fsp3) is 0.400. The highest BCUT2D eigenvalue weighted by Crippen LogP contribution is 2.41. The lowest BCUT2D eigenvalue weighted by molar-refractivity contribution is -0.140. The molecule has 1 atom stereocenters. The number of amides is 1. The molecule has 0 saturated carbocycles. The molecule has 2 fully saturated rings. The number of nitrogens with zero attached hydrogens (tertiary/aromatic N) is 2. The standard InChI is InChI=1S/C25H28BrN3O6/c1-14-18(15(2)27-20(14)25(33)34-3)22(30)19-21(16-5-4-6-17(26)13-16)29(24(32)23(19)31)8-7-28-9-11-35-12-10-28/h4-6,13,21,27,30H,7-12H2,1-3H3/t21-/m0/s1. The number of hydrogen-bond acceptors (Lipinski definition) is 7. The Bertz CT molecular complexity index is 1200. The maximum Gasteiger partial charge on any atom is 0.354 e. The van der Waals surface area contributed by atoms with Gasteiger partial charge in [-0.25, -0.2) is 4.79 Å². The Morgan fingerprint density at radius 1 is 1.23 bits per heavy atom. The zero-order chi connectivity index (χ0) is 25.3. The van der Waals surface area contributed by atoms with Crippen LogP contribution in [0.3, 0.4) is 0 Å². The number of aromatic amines is 1. The highest BCUT2D eigenvalue weighted by molar-refractivity contribution is 9.10. The summed E-state index contributed by atoms with van der Waals surface area (Å²) < 4.78 is 11.0. The Morgan fingerprint density at radius 2 is 1.94 bits per heavy atom. The van der Waals surface area contributed by atoms with Crippen LogP contribution in [0.1, 0.15) is 38.9 Å². The molecule has 0 unspecified atom stereocenters. The smallest absolute Gasteiger partial charge is 0.354 e. The van der Waals surface area contributed by atoms with Crippen LogP contribution >= 0.6 is 15.9 Å². The predicted molar refractivity (Wildman–Crippen MR) is 132 cm³/mol. The van der Waals surface area contributed by atoms with Crippen LogP contribution in [0, 0.1) is 13.8 Å². The molecule has 2 aliphatic rings. The Hall–Kier alpha value is -2.95. The van der Waals surface area contributed by atoms with Crippen LogP contribution < -0.4 is 0 Å². The molecule has 4 rings (SSSR count). The maximum atomic E-state index is 13.3. The van der Waals surface area contributed by atoms with E-state index in [9.17, 15) is 19.5 Å². The lowest BCUT2D eigenvalue weighted by Gasteiger charge is -2.31. The molecule has 2 aromatic rings. The molecular weight excluding hydrogens is 518 g/mol. The van der Waals surface area contributed by atoms with Crippen molar-refractivity contribution in [3.63, 3.8) is 0 Å². The number of aliphatic hydroxyl groups is 1. The third kappa shape index (κ3) is 4.78. The molecule has 1 amide bonds. The summed E-state index contributed by atoms with van der Waals surface area (Å²) in [5.74, 6) is -2.32. The minimum Gasteiger partial charge on any atom is -0.507 e. The zero-order valence-electron chi connectivity index (χ0n) is 19.9. The minimum atomic E-state index is -0.774. The number of carbonyl (C=O) groups is 3. The van der Waals surface area contributed by atoms with Crippen molar-refractivity contribution in [3.05, 3.63) is 62.4 Å². The van der Waals surface area contributed by atoms with E-state index in [1.54, 1.807) is 13.8 Å². The highest BCUT2D eigenvalue weighted by Gasteiger charge is 2.46. The molecule has 1 aromatic carbocycles. The summed E-state index contributed by atoms with van der Waals surface area (Å²) in [6, 6.07) is 6.56. The third-order valence-corrected chi connectivity index (χ3v) is 7.02. The van der Waals surface area contributed by atoms with Crippen molar-refractivity contribution in [2.45, 2.75) is 19.9 Å². The molecule has 10 heteroatoms. The van der Waals surface area contributed by atoms with Crippen molar-refractivity contribution in [2.24, 2.45) is 0 Å². The number of nitrogens with one attached hydrogen (secondary N) is 1. The summed E-state index contributed by atoms with van der Waals surface area (Å²) in [6.45, 7) is 7.01. The lowest BCUT2D eigenvalue weighted by atomic mass is 9.94. The van der Waals surface area contributed by atoms with E-state index in [-0.39, 0.29) is 17.0 Å². The molecule has 3 heterocycles. The average molecular weight is 546 g/mol. The molecule has 0 radical (unpaired) electrons. The van der Waals surface area contributed by atoms with Crippen LogP contribution in [0.4, 0.5) is 0 Å². The monoisotopic (exact) mass is 545 g/mol. The topological polar surface area (TPSA) is 112 Å². The Morgan fingerprint density at radius 3 is 2.60 bits per heavy atom. The van der Waals surface area contributed by atoms with Crippen molar-refractivity contribution in [2.75, 3.05) is 46.5 Å². The number of esters is 1. The molecule has 186 valence electrons. The largest absolute Gasteiger partial charge is 0.507 e. The van der Waals surface area contributed by atoms with E-state index in [1.165, 1.54) is 12.0 Å². The van der Waals surface area contributed by atoms with Gasteiger partial charge in [-0.05, 0) is 37.1 Å². The third-order valence-electron chi connectivity index (χ3n) is 6.53. The molecule has 0 bridgehead atoms. The van der Waals surface area contributed by atoms with Crippen LogP contribution in [0.25, 0.3) is 5.76 Å². The van der Waals surface area contributed by atoms with Gasteiger partial charge in [-0.1, -0.05) is 28.1 Å². The molecule has 0 spiro atoms. The van der Waals surface area contributed by atoms with Crippen LogP contribution in [-0.4, -0.2) is 84.1 Å². The fourth-order valence-electron chi connectivity index (χ4n) is 4.75. The van der Waals surface area contributed by atoms with Gasteiger partial charge < -0.3 is 24.5 Å². The van der Waals surface area contributed by atoms with E-state index in [0.29, 0.717) is 48.7 Å². The first-order valence-corrected chi connectivity index (χ1v) is 12.2. The SMILES string of the molecule is COC(=O)c1[nH]c(C)c(C(O)=C2C(=O)C(=O)N(CCN3CCOCC3)[C@H]2c2cccc(Br)c2)c1C. The number of carbonyl (C=O) groups excluding carboxylic acids is 3. The second-order valence-corrected chi connectivity index (χ2v) is 9.53. The van der Waals surface area contributed by atoms with E-state index in [0.717, 1.165) is 17.6 Å². The van der Waals surface area contributed by atoms with Crippen molar-refractivity contribution in [1.29, 1.82) is 0 Å². The summed E-state index contributed by atoms with van der Waals surface area (Å²) in [5, 5.41) is 11.4. The van der Waals surface area contributed by atoms with Gasteiger partial charge in [-0.3, -0.25) is 14.5 Å². The van der Waals surface area contributed by atoms with Gasteiger partial charge in [0.05, 0.1) is 31.9 Å². The number of ether oxygens (including phenoxy) is 2. The number of likely N-dealkylation sites (tertiary alicyclic amines) is 1. The molecular formula is C25H28BrN3O6. The van der Waals surface area contributed by atoms with Crippen LogP contribution in [-0.2, 0) is 19.1 Å². The Labute approximate surface area is 211 Å². The van der Waals surface area contributed by atoms with Gasteiger partial charge in [0.1, 0.15) is 11.5 Å². The number of rotatable bonds is 6. The first kappa shape index (κ1) is 25.2. The number of halogens is 1. The van der Waals surface area contributed by atoms with E-state index in [2.05, 4.69) is 25.8 Å². The van der Waals surface area contributed by atoms with Gasteiger partial charge in [-0.15, -0.1) is 0 Å².